The number of hydrogen-bond donors (Lipinski definition) is 1. The smallest absolute Gasteiger partial charge is 0.335 e. The zero-order chi connectivity index (χ0) is 30.9. The van der Waals surface area contributed by atoms with E-state index in [1.54, 1.807) is 42.1 Å². The van der Waals surface area contributed by atoms with Crippen molar-refractivity contribution in [1.29, 1.82) is 0 Å². The van der Waals surface area contributed by atoms with E-state index in [0.29, 0.717) is 30.0 Å². The predicted molar refractivity (Wildman–Crippen MR) is 157 cm³/mol. The molecule has 4 aromatic rings. The van der Waals surface area contributed by atoms with E-state index in [1.165, 1.54) is 12.1 Å². The monoisotopic (exact) mass is 591 g/mol. The second kappa shape index (κ2) is 11.9. The zero-order valence-corrected chi connectivity index (χ0v) is 24.1. The summed E-state index contributed by atoms with van der Waals surface area (Å²) in [5, 5.41) is 7.48. The molecular weight excluding hydrogens is 559 g/mol. The van der Waals surface area contributed by atoms with E-state index >= 15 is 0 Å². The molecule has 0 spiro atoms. The number of carbonyl (C=O) groups excluding carboxylic acids is 1. The number of nitrogens with one attached hydrogen (secondary N) is 1. The maximum atomic E-state index is 14.0. The number of halogens is 3. The van der Waals surface area contributed by atoms with E-state index in [1.807, 2.05) is 19.0 Å². The van der Waals surface area contributed by atoms with Crippen molar-refractivity contribution in [3.63, 3.8) is 0 Å². The molecule has 1 fully saturated rings. The number of amides is 1. The SMILES string of the molecule is [C-]#[N+]c1ccc(-n2nccc2-c2c(C)n(-c3cccc(C(F)(F)F)c3)c(=O)n2C(=O)NC2CCCC2)c(CCN(C)C)c1. The van der Waals surface area contributed by atoms with Crippen molar-refractivity contribution in [2.45, 2.75) is 51.2 Å². The number of carbonyl (C=O) groups is 1. The van der Waals surface area contributed by atoms with Crippen LogP contribution in [0.2, 0.25) is 0 Å². The minimum atomic E-state index is -4.61. The molecule has 2 aromatic heterocycles. The third-order valence-corrected chi connectivity index (χ3v) is 7.74. The van der Waals surface area contributed by atoms with Crippen LogP contribution in [0.4, 0.5) is 23.7 Å². The summed E-state index contributed by atoms with van der Waals surface area (Å²) in [6, 6.07) is 10.6. The summed E-state index contributed by atoms with van der Waals surface area (Å²) >= 11 is 0. The first kappa shape index (κ1) is 29.8. The van der Waals surface area contributed by atoms with Crippen LogP contribution in [-0.2, 0) is 12.6 Å². The molecule has 9 nitrogen and oxygen atoms in total. The Balaban J connectivity index is 1.72. The van der Waals surface area contributed by atoms with Crippen LogP contribution in [0.15, 0.2) is 59.5 Å². The van der Waals surface area contributed by atoms with E-state index in [-0.39, 0.29) is 23.1 Å². The molecule has 0 unspecified atom stereocenters. The molecule has 2 heterocycles. The molecule has 43 heavy (non-hydrogen) atoms. The Morgan fingerprint density at radius 3 is 2.56 bits per heavy atom. The van der Waals surface area contributed by atoms with Gasteiger partial charge in [-0.05, 0) is 76.2 Å². The van der Waals surface area contributed by atoms with Crippen LogP contribution in [-0.4, -0.2) is 56.5 Å². The predicted octanol–water partition coefficient (Wildman–Crippen LogP) is 5.97. The molecule has 1 aliphatic carbocycles. The van der Waals surface area contributed by atoms with Gasteiger partial charge in [0.2, 0.25) is 0 Å². The lowest BCUT2D eigenvalue weighted by molar-refractivity contribution is -0.137. The Labute approximate surface area is 247 Å². The van der Waals surface area contributed by atoms with Crippen LogP contribution in [0.1, 0.15) is 42.5 Å². The van der Waals surface area contributed by atoms with Crippen LogP contribution in [0.3, 0.4) is 0 Å². The number of benzene rings is 2. The number of alkyl halides is 3. The van der Waals surface area contributed by atoms with Crippen molar-refractivity contribution in [2.24, 2.45) is 0 Å². The number of hydrogen-bond acceptors (Lipinski definition) is 4. The molecule has 0 radical (unpaired) electrons. The lowest BCUT2D eigenvalue weighted by Crippen LogP contribution is -2.41. The average Bonchev–Trinajstić information content (AvgIpc) is 3.71. The van der Waals surface area contributed by atoms with E-state index < -0.39 is 23.5 Å². The minimum Gasteiger partial charge on any atom is -0.335 e. The van der Waals surface area contributed by atoms with Crippen molar-refractivity contribution >= 4 is 11.7 Å². The van der Waals surface area contributed by atoms with Gasteiger partial charge in [0, 0.05) is 12.6 Å². The maximum absolute atomic E-state index is 14.0. The highest BCUT2D eigenvalue weighted by molar-refractivity contribution is 5.83. The van der Waals surface area contributed by atoms with Crippen molar-refractivity contribution in [2.75, 3.05) is 20.6 Å². The van der Waals surface area contributed by atoms with Crippen LogP contribution in [0.25, 0.3) is 27.6 Å². The van der Waals surface area contributed by atoms with Gasteiger partial charge < -0.3 is 10.2 Å². The highest BCUT2D eigenvalue weighted by Crippen LogP contribution is 2.33. The summed E-state index contributed by atoms with van der Waals surface area (Å²) in [6.45, 7) is 9.77. The first-order chi connectivity index (χ1) is 20.5. The van der Waals surface area contributed by atoms with Gasteiger partial charge in [-0.25, -0.2) is 23.7 Å². The van der Waals surface area contributed by atoms with E-state index in [4.69, 9.17) is 6.57 Å². The lowest BCUT2D eigenvalue weighted by atomic mass is 10.1. The highest BCUT2D eigenvalue weighted by atomic mass is 19.4. The Morgan fingerprint density at radius 2 is 1.88 bits per heavy atom. The fourth-order valence-electron chi connectivity index (χ4n) is 5.60. The topological polar surface area (TPSA) is 81.5 Å². The Morgan fingerprint density at radius 1 is 1.14 bits per heavy atom. The summed E-state index contributed by atoms with van der Waals surface area (Å²) in [5.74, 6) is 0. The molecule has 1 N–H and O–H groups in total. The zero-order valence-electron chi connectivity index (χ0n) is 24.1. The summed E-state index contributed by atoms with van der Waals surface area (Å²) in [7, 11) is 3.89. The number of likely N-dealkylation sites (N-methyl/N-ethyl adjacent to an activating group) is 1. The Bertz CT molecular complexity index is 1750. The van der Waals surface area contributed by atoms with Gasteiger partial charge in [-0.1, -0.05) is 31.0 Å². The third-order valence-electron chi connectivity index (χ3n) is 7.74. The first-order valence-electron chi connectivity index (χ1n) is 14.0. The highest BCUT2D eigenvalue weighted by Gasteiger charge is 2.32. The number of rotatable bonds is 7. The van der Waals surface area contributed by atoms with Gasteiger partial charge in [0.15, 0.2) is 5.69 Å². The summed E-state index contributed by atoms with van der Waals surface area (Å²) in [4.78, 5) is 33.3. The molecule has 224 valence electrons. The molecule has 1 saturated carbocycles. The molecule has 0 atom stereocenters. The minimum absolute atomic E-state index is 0.00913. The largest absolute Gasteiger partial charge is 0.416 e. The van der Waals surface area contributed by atoms with Crippen molar-refractivity contribution < 1.29 is 18.0 Å². The van der Waals surface area contributed by atoms with Crippen LogP contribution in [0.5, 0.6) is 0 Å². The van der Waals surface area contributed by atoms with Gasteiger partial charge in [0.1, 0.15) is 5.69 Å². The molecule has 5 rings (SSSR count). The van der Waals surface area contributed by atoms with Gasteiger partial charge in [-0.2, -0.15) is 18.3 Å². The second-order valence-electron chi connectivity index (χ2n) is 11.0. The van der Waals surface area contributed by atoms with Gasteiger partial charge in [-0.3, -0.25) is 4.57 Å². The standard InChI is InChI=1S/C31H32F3N7O2/c1-20-28(27-14-16-36-41(27)26-13-12-24(35-2)18-21(26)15-17-38(3)4)40(29(42)37-23-9-5-6-10-23)30(43)39(20)25-11-7-8-22(19-25)31(32,33)34/h7-8,11-14,16,18-19,23H,5-6,9-10,15,17H2,1,3-4H3,(H,37,42). The van der Waals surface area contributed by atoms with Crippen molar-refractivity contribution in [3.8, 4) is 22.8 Å². The Kier molecular flexibility index (Phi) is 8.28. The van der Waals surface area contributed by atoms with E-state index in [0.717, 1.165) is 52.5 Å². The summed E-state index contributed by atoms with van der Waals surface area (Å²) in [6.07, 6.45) is 1.01. The normalized spacial score (nSPS) is 13.9. The van der Waals surface area contributed by atoms with Crippen LogP contribution >= 0.6 is 0 Å². The van der Waals surface area contributed by atoms with Gasteiger partial charge in [0.25, 0.3) is 0 Å². The lowest BCUT2D eigenvalue weighted by Gasteiger charge is -2.17. The quantitative estimate of drug-likeness (QED) is 0.269. The summed E-state index contributed by atoms with van der Waals surface area (Å²) < 4.78 is 44.5. The number of aromatic nitrogens is 4. The molecule has 0 aliphatic heterocycles. The van der Waals surface area contributed by atoms with Gasteiger partial charge in [0.05, 0.1) is 41.1 Å². The Hall–Kier alpha value is -4.63. The van der Waals surface area contributed by atoms with Crippen molar-refractivity contribution in [1.82, 2.24) is 29.1 Å². The fraction of sp³-hybridized carbons (Fsp3) is 0.355. The molecule has 1 aliphatic rings. The molecular formula is C31H32F3N7O2. The van der Waals surface area contributed by atoms with Crippen molar-refractivity contribution in [3.05, 3.63) is 93.5 Å². The maximum Gasteiger partial charge on any atom is 0.416 e. The van der Waals surface area contributed by atoms with E-state index in [2.05, 4.69) is 15.3 Å². The number of imidazole rings is 1. The summed E-state index contributed by atoms with van der Waals surface area (Å²) in [5.41, 5.74) is 1.16. The fourth-order valence-corrected chi connectivity index (χ4v) is 5.60. The van der Waals surface area contributed by atoms with Crippen LogP contribution < -0.4 is 11.0 Å². The molecule has 0 bridgehead atoms. The average molecular weight is 592 g/mol. The van der Waals surface area contributed by atoms with E-state index in [9.17, 15) is 22.8 Å². The third kappa shape index (κ3) is 5.99. The van der Waals surface area contributed by atoms with Gasteiger partial charge in [-0.15, -0.1) is 0 Å². The number of nitrogens with zero attached hydrogens (tertiary/aromatic N) is 6. The first-order valence-corrected chi connectivity index (χ1v) is 14.0. The molecule has 0 saturated heterocycles. The molecule has 12 heteroatoms. The second-order valence-corrected chi connectivity index (χ2v) is 11.0. The molecule has 1 amide bonds. The van der Waals surface area contributed by atoms with Crippen LogP contribution in [0, 0.1) is 13.5 Å². The van der Waals surface area contributed by atoms with Gasteiger partial charge >= 0.3 is 17.9 Å². The molecule has 2 aromatic carbocycles.